The van der Waals surface area contributed by atoms with Crippen LogP contribution in [-0.2, 0) is 4.84 Å². The van der Waals surface area contributed by atoms with E-state index in [1.165, 1.54) is 16.7 Å². The van der Waals surface area contributed by atoms with Gasteiger partial charge in [0.15, 0.2) is 5.82 Å². The Morgan fingerprint density at radius 3 is 2.60 bits per heavy atom. The maximum absolute atomic E-state index is 5.34. The summed E-state index contributed by atoms with van der Waals surface area (Å²) < 4.78 is 0. The van der Waals surface area contributed by atoms with Crippen LogP contribution in [0.4, 0.5) is 11.5 Å². The van der Waals surface area contributed by atoms with E-state index >= 15 is 0 Å². The Hall–Kier alpha value is -2.66. The number of aromatic nitrogens is 1. The first kappa shape index (κ1) is 15.8. The zero-order valence-corrected chi connectivity index (χ0v) is 15.0. The Morgan fingerprint density at radius 2 is 1.88 bits per heavy atom. The van der Waals surface area contributed by atoms with Crippen molar-refractivity contribution >= 4 is 17.7 Å². The van der Waals surface area contributed by atoms with Gasteiger partial charge in [0.1, 0.15) is 12.4 Å². The number of hydroxylamine groups is 2. The molecule has 1 unspecified atom stereocenters. The summed E-state index contributed by atoms with van der Waals surface area (Å²) in [7, 11) is 1.67. The molecule has 4 rings (SSSR count). The van der Waals surface area contributed by atoms with E-state index in [1.807, 2.05) is 18.5 Å². The second-order valence-corrected chi connectivity index (χ2v) is 6.53. The average molecular weight is 334 g/mol. The van der Waals surface area contributed by atoms with Crippen LogP contribution in [0.15, 0.2) is 47.2 Å². The molecule has 2 aliphatic heterocycles. The molecule has 3 heterocycles. The lowest BCUT2D eigenvalue weighted by Crippen LogP contribution is -2.29. The largest absolute Gasteiger partial charge is 0.301 e. The van der Waals surface area contributed by atoms with E-state index in [0.717, 1.165) is 22.9 Å². The third-order valence-electron chi connectivity index (χ3n) is 5.13. The molecule has 0 saturated heterocycles. The number of aliphatic imine (C=N–C) groups is 1. The summed E-state index contributed by atoms with van der Waals surface area (Å²) in [6.45, 7) is 7.11. The molecule has 1 atom stereocenters. The van der Waals surface area contributed by atoms with Crippen LogP contribution in [0.1, 0.15) is 35.2 Å². The third-order valence-corrected chi connectivity index (χ3v) is 5.13. The van der Waals surface area contributed by atoms with Crippen molar-refractivity contribution < 1.29 is 4.84 Å². The first-order valence-electron chi connectivity index (χ1n) is 8.50. The van der Waals surface area contributed by atoms with Crippen LogP contribution in [0.3, 0.4) is 0 Å². The number of fused-ring (bicyclic) bond motifs is 3. The molecule has 0 N–H and O–H groups in total. The summed E-state index contributed by atoms with van der Waals surface area (Å²) in [4.78, 5) is 17.2. The zero-order chi connectivity index (χ0) is 17.6. The standard InChI is InChI=1S/C20H22N4O/c1-13-14(2)19-20(24-12-23(25-4)11-17(24)10-21-19)22-18(13)15(3)16-8-6-5-7-9-16/h5-11,15H,12H2,1-4H3. The minimum atomic E-state index is 0.227. The van der Waals surface area contributed by atoms with Crippen molar-refractivity contribution in [2.75, 3.05) is 18.7 Å². The zero-order valence-electron chi connectivity index (χ0n) is 15.0. The topological polar surface area (TPSA) is 41.0 Å². The van der Waals surface area contributed by atoms with E-state index in [2.05, 4.69) is 54.9 Å². The lowest BCUT2D eigenvalue weighted by Gasteiger charge is -2.28. The van der Waals surface area contributed by atoms with Crippen molar-refractivity contribution in [2.24, 2.45) is 4.99 Å². The number of allylic oxidation sites excluding steroid dienone is 1. The fraction of sp³-hybridized carbons (Fsp3) is 0.300. The lowest BCUT2D eigenvalue weighted by molar-refractivity contribution is -0.0790. The number of benzene rings is 1. The number of rotatable bonds is 3. The highest BCUT2D eigenvalue weighted by molar-refractivity contribution is 5.94. The van der Waals surface area contributed by atoms with Gasteiger partial charge in [0.25, 0.3) is 0 Å². The monoisotopic (exact) mass is 334 g/mol. The van der Waals surface area contributed by atoms with E-state index in [0.29, 0.717) is 6.67 Å². The second-order valence-electron chi connectivity index (χ2n) is 6.53. The van der Waals surface area contributed by atoms with E-state index in [9.17, 15) is 0 Å². The van der Waals surface area contributed by atoms with Crippen LogP contribution >= 0.6 is 0 Å². The summed E-state index contributed by atoms with van der Waals surface area (Å²) in [5.74, 6) is 1.14. The van der Waals surface area contributed by atoms with Crippen molar-refractivity contribution in [1.29, 1.82) is 0 Å². The third kappa shape index (κ3) is 2.51. The minimum Gasteiger partial charge on any atom is -0.301 e. The van der Waals surface area contributed by atoms with Crippen molar-refractivity contribution in [3.63, 3.8) is 0 Å². The van der Waals surface area contributed by atoms with Crippen LogP contribution in [0.25, 0.3) is 0 Å². The molecular weight excluding hydrogens is 312 g/mol. The Bertz CT molecular complexity index is 873. The first-order chi connectivity index (χ1) is 12.1. The van der Waals surface area contributed by atoms with Crippen LogP contribution in [0, 0.1) is 13.8 Å². The van der Waals surface area contributed by atoms with Gasteiger partial charge in [0.2, 0.25) is 0 Å². The van der Waals surface area contributed by atoms with Crippen LogP contribution in [0.5, 0.6) is 0 Å². The molecule has 0 saturated carbocycles. The average Bonchev–Trinajstić information content (AvgIpc) is 3.08. The van der Waals surface area contributed by atoms with Gasteiger partial charge in [0.05, 0.1) is 30.9 Å². The van der Waals surface area contributed by atoms with E-state index in [1.54, 1.807) is 12.2 Å². The van der Waals surface area contributed by atoms with Gasteiger partial charge in [0, 0.05) is 5.92 Å². The van der Waals surface area contributed by atoms with Crippen molar-refractivity contribution in [3.8, 4) is 0 Å². The highest BCUT2D eigenvalue weighted by Gasteiger charge is 2.30. The summed E-state index contributed by atoms with van der Waals surface area (Å²) >= 11 is 0. The fourth-order valence-electron chi connectivity index (χ4n) is 3.46. The molecule has 5 nitrogen and oxygen atoms in total. The lowest BCUT2D eigenvalue weighted by atomic mass is 9.92. The van der Waals surface area contributed by atoms with Gasteiger partial charge in [-0.3, -0.25) is 9.83 Å². The van der Waals surface area contributed by atoms with Gasteiger partial charge in [-0.05, 0) is 30.5 Å². The van der Waals surface area contributed by atoms with Gasteiger partial charge in [-0.15, -0.1) is 0 Å². The summed E-state index contributed by atoms with van der Waals surface area (Å²) in [5.41, 5.74) is 6.73. The molecule has 0 aliphatic carbocycles. The van der Waals surface area contributed by atoms with Gasteiger partial charge in [-0.1, -0.05) is 37.3 Å². The SMILES string of the molecule is CON1C=C2C=Nc3c(nc(C(C)c4ccccc4)c(C)c3C)N2C1. The summed E-state index contributed by atoms with van der Waals surface area (Å²) in [6, 6.07) is 10.5. The van der Waals surface area contributed by atoms with Crippen molar-refractivity contribution in [1.82, 2.24) is 10.0 Å². The quantitative estimate of drug-likeness (QED) is 0.849. The molecule has 1 aromatic carbocycles. The highest BCUT2D eigenvalue weighted by atomic mass is 16.7. The maximum Gasteiger partial charge on any atom is 0.161 e. The Morgan fingerprint density at radius 1 is 1.12 bits per heavy atom. The molecule has 128 valence electrons. The van der Waals surface area contributed by atoms with Gasteiger partial charge < -0.3 is 4.90 Å². The number of anilines is 1. The maximum atomic E-state index is 5.34. The van der Waals surface area contributed by atoms with E-state index in [-0.39, 0.29) is 5.92 Å². The minimum absolute atomic E-state index is 0.227. The second kappa shape index (κ2) is 6.01. The fourth-order valence-corrected chi connectivity index (χ4v) is 3.46. The number of nitrogens with zero attached hydrogens (tertiary/aromatic N) is 4. The Balaban J connectivity index is 1.82. The molecule has 1 aromatic heterocycles. The van der Waals surface area contributed by atoms with Crippen LogP contribution in [-0.4, -0.2) is 30.0 Å². The molecule has 25 heavy (non-hydrogen) atoms. The molecule has 0 amide bonds. The molecule has 0 radical (unpaired) electrons. The predicted octanol–water partition coefficient (Wildman–Crippen LogP) is 4.05. The van der Waals surface area contributed by atoms with E-state index in [4.69, 9.17) is 9.82 Å². The molecule has 2 aromatic rings. The van der Waals surface area contributed by atoms with Gasteiger partial charge in [-0.25, -0.2) is 10.0 Å². The van der Waals surface area contributed by atoms with Crippen molar-refractivity contribution in [2.45, 2.75) is 26.7 Å². The Kier molecular flexibility index (Phi) is 3.81. The number of pyridine rings is 1. The molecular formula is C20H22N4O. The van der Waals surface area contributed by atoms with Crippen LogP contribution < -0.4 is 4.90 Å². The molecule has 0 bridgehead atoms. The normalized spacial score (nSPS) is 16.6. The molecule has 5 heteroatoms. The van der Waals surface area contributed by atoms with Crippen molar-refractivity contribution in [3.05, 3.63) is 64.6 Å². The predicted molar refractivity (Wildman–Crippen MR) is 100 cm³/mol. The molecule has 2 aliphatic rings. The smallest absolute Gasteiger partial charge is 0.161 e. The Labute approximate surface area is 148 Å². The summed E-state index contributed by atoms with van der Waals surface area (Å²) in [5, 5.41) is 1.79. The number of hydrogen-bond donors (Lipinski definition) is 0. The van der Waals surface area contributed by atoms with Gasteiger partial charge >= 0.3 is 0 Å². The first-order valence-corrected chi connectivity index (χ1v) is 8.50. The number of hydrogen-bond acceptors (Lipinski definition) is 5. The van der Waals surface area contributed by atoms with E-state index < -0.39 is 0 Å². The molecule has 0 spiro atoms. The summed E-state index contributed by atoms with van der Waals surface area (Å²) in [6.07, 6.45) is 3.83. The highest BCUT2D eigenvalue weighted by Crippen LogP contribution is 2.41. The van der Waals surface area contributed by atoms with Gasteiger partial charge in [-0.2, -0.15) is 0 Å². The van der Waals surface area contributed by atoms with Crippen LogP contribution in [0.2, 0.25) is 0 Å². The molecule has 0 fully saturated rings.